The zero-order chi connectivity index (χ0) is 18.7. The van der Waals surface area contributed by atoms with Gasteiger partial charge in [0.1, 0.15) is 0 Å². The number of hydrogen-bond donors (Lipinski definition) is 4. The number of aromatic nitrogens is 2. The Morgan fingerprint density at radius 2 is 2.08 bits per heavy atom. The van der Waals surface area contributed by atoms with E-state index in [2.05, 4.69) is 20.5 Å². The van der Waals surface area contributed by atoms with Gasteiger partial charge in [0, 0.05) is 35.5 Å². The van der Waals surface area contributed by atoms with E-state index < -0.39 is 5.97 Å². The van der Waals surface area contributed by atoms with Crippen LogP contribution in [0, 0.1) is 0 Å². The summed E-state index contributed by atoms with van der Waals surface area (Å²) >= 11 is 6.05. The maximum atomic E-state index is 11.1. The predicted molar refractivity (Wildman–Crippen MR) is 98.8 cm³/mol. The summed E-state index contributed by atoms with van der Waals surface area (Å²) in [5, 5.41) is 14.0. The van der Waals surface area contributed by atoms with E-state index in [1.165, 1.54) is 24.5 Å². The fraction of sp³-hybridized carbons (Fsp3) is 0.0588. The van der Waals surface area contributed by atoms with Crippen LogP contribution in [0.2, 0.25) is 5.02 Å². The Labute approximate surface area is 153 Å². The van der Waals surface area contributed by atoms with E-state index in [9.17, 15) is 4.79 Å². The molecule has 9 heteroatoms. The molecule has 0 saturated carbocycles. The summed E-state index contributed by atoms with van der Waals surface area (Å²) in [6, 6.07) is 8.46. The molecule has 0 aliphatic carbocycles. The molecule has 0 saturated heterocycles. The molecule has 8 nitrogen and oxygen atoms in total. The maximum Gasteiger partial charge on any atom is 0.335 e. The quantitative estimate of drug-likeness (QED) is 0.237. The van der Waals surface area contributed by atoms with Gasteiger partial charge in [-0.15, -0.1) is 0 Å². The molecule has 0 atom stereocenters. The largest absolute Gasteiger partial charge is 0.478 e. The number of halogens is 1. The summed E-state index contributed by atoms with van der Waals surface area (Å²) in [6.07, 6.45) is 3.39. The van der Waals surface area contributed by atoms with Gasteiger partial charge in [0.15, 0.2) is 5.84 Å². The highest BCUT2D eigenvalue weighted by Crippen LogP contribution is 2.24. The molecule has 0 radical (unpaired) electrons. The van der Waals surface area contributed by atoms with Crippen molar-refractivity contribution < 1.29 is 9.90 Å². The van der Waals surface area contributed by atoms with Crippen molar-refractivity contribution in [2.45, 2.75) is 6.42 Å². The molecule has 3 aromatic rings. The van der Waals surface area contributed by atoms with E-state index >= 15 is 0 Å². The van der Waals surface area contributed by atoms with Crippen molar-refractivity contribution in [2.24, 2.45) is 16.8 Å². The molecule has 2 aromatic heterocycles. The molecule has 0 fully saturated rings. The van der Waals surface area contributed by atoms with Gasteiger partial charge in [-0.05, 0) is 35.9 Å². The number of nitrogens with one attached hydrogen (secondary N) is 1. The van der Waals surface area contributed by atoms with Gasteiger partial charge < -0.3 is 16.4 Å². The van der Waals surface area contributed by atoms with Gasteiger partial charge in [-0.2, -0.15) is 5.10 Å². The van der Waals surface area contributed by atoms with Crippen LogP contribution in [-0.2, 0) is 6.42 Å². The standard InChI is InChI=1S/C17H15ClN6O2/c18-12-6-11-3-9(4-13-7-10(17(25)26)1-2-21-13)5-14(15(11)22-8-12)16(23-19)24-20/h1-3,5-8H,4,19-20H2,(H,23,24)(H,25,26). The number of hydrogen-bond acceptors (Lipinski definition) is 6. The third-order valence-corrected chi connectivity index (χ3v) is 3.99. The van der Waals surface area contributed by atoms with Crippen molar-refractivity contribution in [3.8, 4) is 0 Å². The summed E-state index contributed by atoms with van der Waals surface area (Å²) in [5.74, 6) is 10.2. The monoisotopic (exact) mass is 370 g/mol. The molecule has 2 heterocycles. The summed E-state index contributed by atoms with van der Waals surface area (Å²) in [5.41, 5.74) is 5.32. The van der Waals surface area contributed by atoms with Crippen LogP contribution in [0.5, 0.6) is 0 Å². The Balaban J connectivity index is 2.11. The Kier molecular flexibility index (Phi) is 4.97. The van der Waals surface area contributed by atoms with Crippen LogP contribution >= 0.6 is 11.6 Å². The number of benzene rings is 1. The molecule has 0 aliphatic rings. The maximum absolute atomic E-state index is 11.1. The van der Waals surface area contributed by atoms with Crippen molar-refractivity contribution in [1.82, 2.24) is 15.4 Å². The summed E-state index contributed by atoms with van der Waals surface area (Å²) in [6.45, 7) is 0. The van der Waals surface area contributed by atoms with Gasteiger partial charge in [-0.25, -0.2) is 10.6 Å². The van der Waals surface area contributed by atoms with Gasteiger partial charge in [0.2, 0.25) is 0 Å². The van der Waals surface area contributed by atoms with Crippen LogP contribution in [0.15, 0.2) is 47.8 Å². The number of pyridine rings is 2. The highest BCUT2D eigenvalue weighted by molar-refractivity contribution is 6.31. The lowest BCUT2D eigenvalue weighted by Crippen LogP contribution is -2.32. The average molecular weight is 371 g/mol. The summed E-state index contributed by atoms with van der Waals surface area (Å²) in [7, 11) is 0. The molecule has 0 bridgehead atoms. The van der Waals surface area contributed by atoms with Crippen molar-refractivity contribution in [2.75, 3.05) is 0 Å². The van der Waals surface area contributed by atoms with E-state index in [1.54, 1.807) is 6.07 Å². The number of aromatic carboxylic acids is 1. The summed E-state index contributed by atoms with van der Waals surface area (Å²) < 4.78 is 0. The molecule has 0 spiro atoms. The van der Waals surface area contributed by atoms with Crippen LogP contribution in [0.1, 0.15) is 27.2 Å². The number of hydrazine groups is 1. The number of nitrogens with two attached hydrogens (primary N) is 2. The smallest absolute Gasteiger partial charge is 0.335 e. The number of carboxylic acid groups (broad SMARTS) is 1. The first-order valence-electron chi connectivity index (χ1n) is 7.53. The van der Waals surface area contributed by atoms with Gasteiger partial charge in [0.25, 0.3) is 0 Å². The van der Waals surface area contributed by atoms with Crippen LogP contribution in [0.4, 0.5) is 0 Å². The molecule has 0 aliphatic heterocycles. The number of carbonyl (C=O) groups is 1. The number of carboxylic acids is 1. The Bertz CT molecular complexity index is 1020. The molecule has 0 amide bonds. The molecule has 0 unspecified atom stereocenters. The minimum atomic E-state index is -1.01. The van der Waals surface area contributed by atoms with Gasteiger partial charge in [-0.1, -0.05) is 11.6 Å². The van der Waals surface area contributed by atoms with Crippen LogP contribution in [-0.4, -0.2) is 26.9 Å². The van der Waals surface area contributed by atoms with Crippen molar-refractivity contribution >= 4 is 34.3 Å². The fourth-order valence-electron chi connectivity index (χ4n) is 2.67. The first kappa shape index (κ1) is 17.6. The molecule has 1 aromatic carbocycles. The Hall–Kier alpha value is -3.23. The molecule has 132 valence electrons. The molecule has 26 heavy (non-hydrogen) atoms. The first-order chi connectivity index (χ1) is 12.5. The lowest BCUT2D eigenvalue weighted by atomic mass is 10.0. The second kappa shape index (κ2) is 7.34. The van der Waals surface area contributed by atoms with Crippen molar-refractivity contribution in [1.29, 1.82) is 0 Å². The molecular formula is C17H15ClN6O2. The minimum Gasteiger partial charge on any atom is -0.478 e. The van der Waals surface area contributed by atoms with E-state index in [4.69, 9.17) is 28.4 Å². The number of rotatable bonds is 4. The lowest BCUT2D eigenvalue weighted by molar-refractivity contribution is 0.0696. The minimum absolute atomic E-state index is 0.175. The Morgan fingerprint density at radius 1 is 1.27 bits per heavy atom. The SMILES string of the molecule is N/N=C(\NN)c1cc(Cc2cc(C(=O)O)ccn2)cc2cc(Cl)cnc12. The lowest BCUT2D eigenvalue weighted by Gasteiger charge is -2.11. The third kappa shape index (κ3) is 3.56. The third-order valence-electron chi connectivity index (χ3n) is 3.78. The highest BCUT2D eigenvalue weighted by Gasteiger charge is 2.13. The molecule has 3 rings (SSSR count). The Morgan fingerprint density at radius 3 is 2.77 bits per heavy atom. The molecular weight excluding hydrogens is 356 g/mol. The van der Waals surface area contributed by atoms with Crippen LogP contribution in [0.3, 0.4) is 0 Å². The average Bonchev–Trinajstić information content (AvgIpc) is 2.62. The van der Waals surface area contributed by atoms with Crippen LogP contribution < -0.4 is 17.1 Å². The first-order valence-corrected chi connectivity index (χ1v) is 7.91. The fourth-order valence-corrected chi connectivity index (χ4v) is 2.84. The van der Waals surface area contributed by atoms with E-state index in [1.807, 2.05) is 12.1 Å². The van der Waals surface area contributed by atoms with Crippen molar-refractivity contribution in [3.05, 3.63) is 70.1 Å². The number of hydrazone groups is 1. The molecule has 6 N–H and O–H groups in total. The number of amidine groups is 1. The predicted octanol–water partition coefficient (Wildman–Crippen LogP) is 1.66. The second-order valence-electron chi connectivity index (χ2n) is 5.51. The van der Waals surface area contributed by atoms with Crippen molar-refractivity contribution in [3.63, 3.8) is 0 Å². The zero-order valence-electron chi connectivity index (χ0n) is 13.5. The topological polar surface area (TPSA) is 140 Å². The number of fused-ring (bicyclic) bond motifs is 1. The van der Waals surface area contributed by atoms with E-state index in [0.29, 0.717) is 28.2 Å². The van der Waals surface area contributed by atoms with Gasteiger partial charge in [-0.3, -0.25) is 9.97 Å². The second-order valence-corrected chi connectivity index (χ2v) is 5.94. The zero-order valence-corrected chi connectivity index (χ0v) is 14.2. The van der Waals surface area contributed by atoms with Crippen LogP contribution in [0.25, 0.3) is 10.9 Å². The van der Waals surface area contributed by atoms with Gasteiger partial charge in [0.05, 0.1) is 16.1 Å². The summed E-state index contributed by atoms with van der Waals surface area (Å²) in [4.78, 5) is 19.7. The normalized spacial score (nSPS) is 11.5. The number of nitrogens with zero attached hydrogens (tertiary/aromatic N) is 3. The highest BCUT2D eigenvalue weighted by atomic mass is 35.5. The van der Waals surface area contributed by atoms with E-state index in [-0.39, 0.29) is 11.4 Å². The van der Waals surface area contributed by atoms with Gasteiger partial charge >= 0.3 is 5.97 Å². The van der Waals surface area contributed by atoms with E-state index in [0.717, 1.165) is 10.9 Å².